The van der Waals surface area contributed by atoms with E-state index in [1.165, 1.54) is 13.3 Å². The lowest BCUT2D eigenvalue weighted by Gasteiger charge is -2.01. The van der Waals surface area contributed by atoms with E-state index in [9.17, 15) is 4.91 Å². The first-order valence-electron chi connectivity index (χ1n) is 3.24. The summed E-state index contributed by atoms with van der Waals surface area (Å²) >= 11 is 5.53. The second kappa shape index (κ2) is 4.01. The summed E-state index contributed by atoms with van der Waals surface area (Å²) in [6.45, 7) is 0. The van der Waals surface area contributed by atoms with Crippen LogP contribution in [0.5, 0.6) is 5.88 Å². The molecular formula is C7H7ClN2O2. The molecule has 5 heteroatoms. The van der Waals surface area contributed by atoms with Crippen molar-refractivity contribution in [1.82, 2.24) is 4.98 Å². The first-order chi connectivity index (χ1) is 5.77. The molecule has 1 aromatic rings. The molecule has 0 fully saturated rings. The lowest BCUT2D eigenvalue weighted by molar-refractivity contribution is 0.397. The highest BCUT2D eigenvalue weighted by molar-refractivity contribution is 6.20. The smallest absolute Gasteiger partial charge is 0.212 e. The van der Waals surface area contributed by atoms with E-state index in [-0.39, 0.29) is 0 Å². The van der Waals surface area contributed by atoms with Crippen LogP contribution in [0.4, 0.5) is 0 Å². The first-order valence-corrected chi connectivity index (χ1v) is 3.68. The second-order valence-corrected chi connectivity index (χ2v) is 2.49. The van der Waals surface area contributed by atoms with Crippen LogP contribution >= 0.6 is 11.6 Å². The maximum atomic E-state index is 10.0. The van der Waals surface area contributed by atoms with Crippen molar-refractivity contribution in [2.45, 2.75) is 5.50 Å². The molecular weight excluding hydrogens is 180 g/mol. The lowest BCUT2D eigenvalue weighted by atomic mass is 10.3. The number of nitrogens with zero attached hydrogens (tertiary/aromatic N) is 2. The van der Waals surface area contributed by atoms with Gasteiger partial charge in [0, 0.05) is 17.8 Å². The quantitative estimate of drug-likeness (QED) is 0.413. The molecule has 1 unspecified atom stereocenters. The van der Waals surface area contributed by atoms with Gasteiger partial charge in [-0.2, -0.15) is 0 Å². The van der Waals surface area contributed by atoms with Crippen molar-refractivity contribution in [1.29, 1.82) is 0 Å². The predicted molar refractivity (Wildman–Crippen MR) is 45.2 cm³/mol. The van der Waals surface area contributed by atoms with Gasteiger partial charge in [-0.3, -0.25) is 0 Å². The molecule has 0 radical (unpaired) electrons. The molecule has 1 atom stereocenters. The van der Waals surface area contributed by atoms with Gasteiger partial charge < -0.3 is 4.74 Å². The lowest BCUT2D eigenvalue weighted by Crippen LogP contribution is -1.90. The van der Waals surface area contributed by atoms with Gasteiger partial charge in [0.1, 0.15) is 0 Å². The highest BCUT2D eigenvalue weighted by Gasteiger charge is 2.06. The zero-order valence-electron chi connectivity index (χ0n) is 6.40. The maximum absolute atomic E-state index is 10.0. The van der Waals surface area contributed by atoms with Crippen molar-refractivity contribution in [3.63, 3.8) is 0 Å². The fraction of sp³-hybridized carbons (Fsp3) is 0.286. The summed E-state index contributed by atoms with van der Waals surface area (Å²) in [7, 11) is 1.51. The summed E-state index contributed by atoms with van der Waals surface area (Å²) in [6.07, 6.45) is 1.46. The molecule has 1 aromatic heterocycles. The van der Waals surface area contributed by atoms with Crippen molar-refractivity contribution >= 4 is 11.6 Å². The van der Waals surface area contributed by atoms with Gasteiger partial charge in [0.25, 0.3) is 0 Å². The Morgan fingerprint density at radius 1 is 1.67 bits per heavy atom. The molecule has 0 aliphatic rings. The minimum absolute atomic E-state index is 0.480. The Labute approximate surface area is 74.5 Å². The van der Waals surface area contributed by atoms with Gasteiger partial charge in [-0.15, -0.1) is 4.91 Å². The number of halogens is 1. The Balaban J connectivity index is 2.84. The molecule has 12 heavy (non-hydrogen) atoms. The van der Waals surface area contributed by atoms with Gasteiger partial charge in [-0.25, -0.2) is 4.98 Å². The largest absolute Gasteiger partial charge is 0.481 e. The average Bonchev–Trinajstić information content (AvgIpc) is 2.17. The van der Waals surface area contributed by atoms with Crippen molar-refractivity contribution in [2.24, 2.45) is 5.18 Å². The van der Waals surface area contributed by atoms with E-state index in [1.807, 2.05) is 0 Å². The molecule has 0 bridgehead atoms. The summed E-state index contributed by atoms with van der Waals surface area (Å²) < 4.78 is 4.82. The Morgan fingerprint density at radius 2 is 2.42 bits per heavy atom. The second-order valence-electron chi connectivity index (χ2n) is 2.08. The number of alkyl halides is 1. The van der Waals surface area contributed by atoms with E-state index in [0.717, 1.165) is 0 Å². The molecule has 0 aliphatic carbocycles. The van der Waals surface area contributed by atoms with E-state index in [4.69, 9.17) is 16.3 Å². The Hall–Kier alpha value is -1.16. The van der Waals surface area contributed by atoms with E-state index in [2.05, 4.69) is 10.2 Å². The molecule has 1 rings (SSSR count). The van der Waals surface area contributed by atoms with Crippen LogP contribution in [0.2, 0.25) is 0 Å². The molecule has 0 saturated carbocycles. The summed E-state index contributed by atoms with van der Waals surface area (Å²) in [6, 6.07) is 3.26. The van der Waals surface area contributed by atoms with Crippen molar-refractivity contribution in [2.75, 3.05) is 7.11 Å². The van der Waals surface area contributed by atoms with E-state index in [1.54, 1.807) is 12.1 Å². The fourth-order valence-electron chi connectivity index (χ4n) is 0.714. The minimum Gasteiger partial charge on any atom is -0.481 e. The van der Waals surface area contributed by atoms with Crippen molar-refractivity contribution < 1.29 is 4.74 Å². The van der Waals surface area contributed by atoms with E-state index < -0.39 is 5.50 Å². The fourth-order valence-corrected chi connectivity index (χ4v) is 0.843. The summed E-state index contributed by atoms with van der Waals surface area (Å²) in [4.78, 5) is 13.9. The highest BCUT2D eigenvalue weighted by atomic mass is 35.5. The average molecular weight is 187 g/mol. The van der Waals surface area contributed by atoms with Crippen molar-refractivity contribution in [3.05, 3.63) is 28.8 Å². The van der Waals surface area contributed by atoms with Crippen LogP contribution in [0.15, 0.2) is 23.5 Å². The topological polar surface area (TPSA) is 51.5 Å². The minimum atomic E-state index is -0.872. The number of methoxy groups -OCH3 is 1. The van der Waals surface area contributed by atoms with E-state index >= 15 is 0 Å². The van der Waals surface area contributed by atoms with Crippen LogP contribution in [0.25, 0.3) is 0 Å². The Kier molecular flexibility index (Phi) is 2.99. The van der Waals surface area contributed by atoms with Crippen LogP contribution < -0.4 is 4.74 Å². The molecule has 0 spiro atoms. The Bertz CT molecular complexity index is 263. The van der Waals surface area contributed by atoms with Crippen LogP contribution in [-0.4, -0.2) is 12.1 Å². The number of aromatic nitrogens is 1. The van der Waals surface area contributed by atoms with Gasteiger partial charge in [0.2, 0.25) is 5.88 Å². The molecule has 1 heterocycles. The number of hydrogen-bond acceptors (Lipinski definition) is 4. The van der Waals surface area contributed by atoms with Crippen LogP contribution in [-0.2, 0) is 0 Å². The Morgan fingerprint density at radius 3 is 2.83 bits per heavy atom. The van der Waals surface area contributed by atoms with Gasteiger partial charge in [-0.1, -0.05) is 11.6 Å². The molecule has 0 N–H and O–H groups in total. The van der Waals surface area contributed by atoms with Crippen LogP contribution in [0.3, 0.4) is 0 Å². The standard InChI is InChI=1S/C7H7ClN2O2/c1-12-6-3-2-5(4-9-6)7(8)10-11/h2-4,7H,1H3. The molecule has 4 nitrogen and oxygen atoms in total. The molecule has 0 saturated heterocycles. The maximum Gasteiger partial charge on any atom is 0.212 e. The van der Waals surface area contributed by atoms with Gasteiger partial charge >= 0.3 is 0 Å². The number of rotatable bonds is 3. The SMILES string of the molecule is COc1ccc(C(Cl)N=O)cn1. The molecule has 0 aromatic carbocycles. The summed E-state index contributed by atoms with van der Waals surface area (Å²) in [5.41, 5.74) is -0.309. The van der Waals surface area contributed by atoms with Gasteiger partial charge in [-0.05, 0) is 11.2 Å². The number of hydrogen-bond donors (Lipinski definition) is 0. The van der Waals surface area contributed by atoms with Gasteiger partial charge in [0.05, 0.1) is 7.11 Å². The number of pyridine rings is 1. The third-order valence-corrected chi connectivity index (χ3v) is 1.67. The molecule has 0 amide bonds. The number of nitroso groups, excluding NO2 is 1. The van der Waals surface area contributed by atoms with Gasteiger partial charge in [0.15, 0.2) is 5.50 Å². The first kappa shape index (κ1) is 8.93. The zero-order valence-corrected chi connectivity index (χ0v) is 7.15. The monoisotopic (exact) mass is 186 g/mol. The third kappa shape index (κ3) is 1.92. The summed E-state index contributed by atoms with van der Waals surface area (Å²) in [5.74, 6) is 0.480. The number of ether oxygens (including phenoxy) is 1. The molecule has 64 valence electrons. The molecule has 0 aliphatic heterocycles. The summed E-state index contributed by atoms with van der Waals surface area (Å²) in [5, 5.41) is 2.65. The zero-order chi connectivity index (χ0) is 8.97. The third-order valence-electron chi connectivity index (χ3n) is 1.34. The van der Waals surface area contributed by atoms with E-state index in [0.29, 0.717) is 11.4 Å². The predicted octanol–water partition coefficient (Wildman–Crippen LogP) is 2.09. The van der Waals surface area contributed by atoms with Crippen LogP contribution in [0.1, 0.15) is 11.1 Å². The normalized spacial score (nSPS) is 12.2. The highest BCUT2D eigenvalue weighted by Crippen LogP contribution is 2.21. The van der Waals surface area contributed by atoms with Crippen molar-refractivity contribution in [3.8, 4) is 5.88 Å². The van der Waals surface area contributed by atoms with Crippen LogP contribution in [0, 0.1) is 4.91 Å².